The molecule has 0 unspecified atom stereocenters. The summed E-state index contributed by atoms with van der Waals surface area (Å²) in [7, 11) is 0. The topological polar surface area (TPSA) is 18.5 Å². The normalized spacial score (nSPS) is 23.4. The van der Waals surface area contributed by atoms with Crippen LogP contribution in [0.25, 0.3) is 0 Å². The van der Waals surface area contributed by atoms with Gasteiger partial charge in [0, 0.05) is 11.8 Å². The summed E-state index contributed by atoms with van der Waals surface area (Å²) in [6, 6.07) is 0. The standard InChI is InChI=1S/C6H10Br2O2/c7-2-1-6(5-8)9-3-4-10-6/h1-5H2. The molecule has 0 atom stereocenters. The highest BCUT2D eigenvalue weighted by atomic mass is 79.9. The maximum absolute atomic E-state index is 5.43. The molecule has 1 aliphatic heterocycles. The van der Waals surface area contributed by atoms with Crippen molar-refractivity contribution in [3.8, 4) is 0 Å². The monoisotopic (exact) mass is 272 g/mol. The fraction of sp³-hybridized carbons (Fsp3) is 1.00. The molecule has 0 bridgehead atoms. The Balaban J connectivity index is 2.41. The first-order chi connectivity index (χ1) is 4.83. The molecule has 4 heteroatoms. The third kappa shape index (κ3) is 1.94. The lowest BCUT2D eigenvalue weighted by Crippen LogP contribution is -2.32. The van der Waals surface area contributed by atoms with Crippen LogP contribution in [0.4, 0.5) is 0 Å². The molecular weight excluding hydrogens is 264 g/mol. The summed E-state index contributed by atoms with van der Waals surface area (Å²) >= 11 is 6.72. The van der Waals surface area contributed by atoms with Crippen LogP contribution in [0.1, 0.15) is 6.42 Å². The molecule has 1 fully saturated rings. The number of hydrogen-bond acceptors (Lipinski definition) is 2. The molecule has 0 saturated carbocycles. The molecule has 0 aromatic carbocycles. The Bertz CT molecular complexity index is 102. The van der Waals surface area contributed by atoms with Gasteiger partial charge in [0.25, 0.3) is 0 Å². The largest absolute Gasteiger partial charge is 0.347 e. The average Bonchev–Trinajstić information content (AvgIpc) is 2.39. The fourth-order valence-electron chi connectivity index (χ4n) is 0.929. The molecule has 0 amide bonds. The van der Waals surface area contributed by atoms with Crippen LogP contribution >= 0.6 is 31.9 Å². The lowest BCUT2D eigenvalue weighted by Gasteiger charge is -2.23. The van der Waals surface area contributed by atoms with Gasteiger partial charge in [-0.25, -0.2) is 0 Å². The number of halogens is 2. The van der Waals surface area contributed by atoms with E-state index in [0.29, 0.717) is 0 Å². The van der Waals surface area contributed by atoms with Gasteiger partial charge in [0.1, 0.15) is 0 Å². The van der Waals surface area contributed by atoms with Crippen LogP contribution < -0.4 is 0 Å². The van der Waals surface area contributed by atoms with Crippen LogP contribution in [0.3, 0.4) is 0 Å². The Hall–Kier alpha value is 0.880. The van der Waals surface area contributed by atoms with Gasteiger partial charge in [-0.15, -0.1) is 0 Å². The van der Waals surface area contributed by atoms with Crippen molar-refractivity contribution < 1.29 is 9.47 Å². The zero-order valence-corrected chi connectivity index (χ0v) is 8.78. The second kappa shape index (κ2) is 4.04. The van der Waals surface area contributed by atoms with Crippen molar-refractivity contribution in [2.75, 3.05) is 23.9 Å². The maximum Gasteiger partial charge on any atom is 0.178 e. The third-order valence-electron chi connectivity index (χ3n) is 1.49. The van der Waals surface area contributed by atoms with E-state index >= 15 is 0 Å². The number of hydrogen-bond donors (Lipinski definition) is 0. The maximum atomic E-state index is 5.43. The summed E-state index contributed by atoms with van der Waals surface area (Å²) in [5, 5.41) is 1.67. The second-order valence-electron chi connectivity index (χ2n) is 2.18. The number of ether oxygens (including phenoxy) is 2. The minimum atomic E-state index is -0.344. The smallest absolute Gasteiger partial charge is 0.178 e. The van der Waals surface area contributed by atoms with Crippen LogP contribution in [0, 0.1) is 0 Å². The van der Waals surface area contributed by atoms with Crippen LogP contribution in [-0.4, -0.2) is 29.7 Å². The highest BCUT2D eigenvalue weighted by Gasteiger charge is 2.34. The van der Waals surface area contributed by atoms with E-state index in [1.54, 1.807) is 0 Å². The summed E-state index contributed by atoms with van der Waals surface area (Å²) < 4.78 is 10.9. The van der Waals surface area contributed by atoms with Crippen molar-refractivity contribution in [3.05, 3.63) is 0 Å². The van der Waals surface area contributed by atoms with Gasteiger partial charge in [0.05, 0.1) is 18.5 Å². The van der Waals surface area contributed by atoms with E-state index < -0.39 is 0 Å². The zero-order valence-electron chi connectivity index (χ0n) is 5.61. The van der Waals surface area contributed by atoms with E-state index in [1.165, 1.54) is 0 Å². The first-order valence-corrected chi connectivity index (χ1v) is 5.47. The first kappa shape index (κ1) is 8.97. The van der Waals surface area contributed by atoms with Gasteiger partial charge in [-0.2, -0.15) is 0 Å². The zero-order chi connectivity index (χ0) is 7.45. The van der Waals surface area contributed by atoms with Crippen molar-refractivity contribution >= 4 is 31.9 Å². The summed E-state index contributed by atoms with van der Waals surface area (Å²) in [4.78, 5) is 0. The Labute approximate surface area is 77.5 Å². The van der Waals surface area contributed by atoms with E-state index in [4.69, 9.17) is 9.47 Å². The van der Waals surface area contributed by atoms with Gasteiger partial charge in [-0.05, 0) is 0 Å². The van der Waals surface area contributed by atoms with Gasteiger partial charge in [0.2, 0.25) is 0 Å². The van der Waals surface area contributed by atoms with E-state index in [9.17, 15) is 0 Å². The lowest BCUT2D eigenvalue weighted by atomic mass is 10.2. The molecule has 2 nitrogen and oxygen atoms in total. The van der Waals surface area contributed by atoms with Crippen molar-refractivity contribution in [1.82, 2.24) is 0 Å². The highest BCUT2D eigenvalue weighted by Crippen LogP contribution is 2.26. The Morgan fingerprint density at radius 1 is 1.20 bits per heavy atom. The van der Waals surface area contributed by atoms with E-state index in [0.717, 1.165) is 30.3 Å². The van der Waals surface area contributed by atoms with E-state index in [-0.39, 0.29) is 5.79 Å². The number of alkyl halides is 2. The molecule has 0 N–H and O–H groups in total. The quantitative estimate of drug-likeness (QED) is 0.732. The molecule has 60 valence electrons. The predicted molar refractivity (Wildman–Crippen MR) is 46.8 cm³/mol. The Morgan fingerprint density at radius 2 is 1.80 bits per heavy atom. The summed E-state index contributed by atoms with van der Waals surface area (Å²) in [6.45, 7) is 1.44. The van der Waals surface area contributed by atoms with Gasteiger partial charge in [0.15, 0.2) is 5.79 Å². The van der Waals surface area contributed by atoms with E-state index in [1.807, 2.05) is 0 Å². The van der Waals surface area contributed by atoms with Crippen molar-refractivity contribution in [1.29, 1.82) is 0 Å². The van der Waals surface area contributed by atoms with E-state index in [2.05, 4.69) is 31.9 Å². The van der Waals surface area contributed by atoms with Gasteiger partial charge >= 0.3 is 0 Å². The van der Waals surface area contributed by atoms with Crippen LogP contribution in [0.5, 0.6) is 0 Å². The fourth-order valence-corrected chi connectivity index (χ4v) is 2.14. The molecule has 10 heavy (non-hydrogen) atoms. The molecule has 1 saturated heterocycles. The highest BCUT2D eigenvalue weighted by molar-refractivity contribution is 9.09. The molecule has 0 aromatic heterocycles. The van der Waals surface area contributed by atoms with Gasteiger partial charge in [-0.3, -0.25) is 0 Å². The molecule has 1 aliphatic rings. The number of rotatable bonds is 3. The SMILES string of the molecule is BrCCC1(CBr)OCCO1. The van der Waals surface area contributed by atoms with Crippen LogP contribution in [0.15, 0.2) is 0 Å². The summed E-state index contributed by atoms with van der Waals surface area (Å²) in [5.74, 6) is -0.344. The molecule has 0 aromatic rings. The second-order valence-corrected chi connectivity index (χ2v) is 3.53. The molecule has 0 spiro atoms. The molecule has 1 heterocycles. The molecule has 0 radical (unpaired) electrons. The third-order valence-corrected chi connectivity index (χ3v) is 2.74. The lowest BCUT2D eigenvalue weighted by molar-refractivity contribution is -0.137. The van der Waals surface area contributed by atoms with Gasteiger partial charge in [-0.1, -0.05) is 31.9 Å². The Morgan fingerprint density at radius 3 is 2.20 bits per heavy atom. The minimum absolute atomic E-state index is 0.344. The minimum Gasteiger partial charge on any atom is -0.347 e. The first-order valence-electron chi connectivity index (χ1n) is 3.23. The van der Waals surface area contributed by atoms with Crippen LogP contribution in [0.2, 0.25) is 0 Å². The van der Waals surface area contributed by atoms with Gasteiger partial charge < -0.3 is 9.47 Å². The summed E-state index contributed by atoms with van der Waals surface area (Å²) in [5.41, 5.74) is 0. The van der Waals surface area contributed by atoms with Crippen molar-refractivity contribution in [2.45, 2.75) is 12.2 Å². The predicted octanol–water partition coefficient (Wildman–Crippen LogP) is 1.91. The molecular formula is C6H10Br2O2. The van der Waals surface area contributed by atoms with Crippen molar-refractivity contribution in [2.24, 2.45) is 0 Å². The molecule has 1 rings (SSSR count). The van der Waals surface area contributed by atoms with Crippen molar-refractivity contribution in [3.63, 3.8) is 0 Å². The molecule has 0 aliphatic carbocycles. The summed E-state index contributed by atoms with van der Waals surface area (Å²) in [6.07, 6.45) is 0.901. The Kier molecular flexibility index (Phi) is 3.63. The average molecular weight is 274 g/mol. The van der Waals surface area contributed by atoms with Crippen LogP contribution in [-0.2, 0) is 9.47 Å².